The van der Waals surface area contributed by atoms with Crippen molar-refractivity contribution in [2.75, 3.05) is 0 Å². The summed E-state index contributed by atoms with van der Waals surface area (Å²) in [4.78, 5) is 12.8. The number of halogens is 1. The molecule has 1 saturated carbocycles. The van der Waals surface area contributed by atoms with Crippen LogP contribution in [0.3, 0.4) is 0 Å². The fraction of sp³-hybridized carbons (Fsp3) is 0.474. The Morgan fingerprint density at radius 2 is 2.04 bits per heavy atom. The van der Waals surface area contributed by atoms with Crippen LogP contribution in [0.5, 0.6) is 0 Å². The fourth-order valence-corrected chi connectivity index (χ4v) is 4.52. The number of aromatic nitrogens is 2. The topological polar surface area (TPSA) is 57.8 Å². The molecule has 24 heavy (non-hydrogen) atoms. The number of carbonyl (C=O) groups excluding carboxylic acids is 1. The lowest BCUT2D eigenvalue weighted by atomic mass is 9.74. The number of carbonyl (C=O) groups is 1. The Kier molecular flexibility index (Phi) is 3.33. The van der Waals surface area contributed by atoms with Crippen LogP contribution in [0.15, 0.2) is 24.3 Å². The zero-order chi connectivity index (χ0) is 17.1. The molecular weight excluding hydrogens is 322 g/mol. The van der Waals surface area contributed by atoms with Gasteiger partial charge in [0, 0.05) is 33.2 Å². The highest BCUT2D eigenvalue weighted by molar-refractivity contribution is 6.30. The van der Waals surface area contributed by atoms with Crippen molar-refractivity contribution in [2.24, 2.45) is 0 Å². The van der Waals surface area contributed by atoms with Gasteiger partial charge in [-0.2, -0.15) is 5.10 Å². The third-order valence-corrected chi connectivity index (χ3v) is 5.55. The van der Waals surface area contributed by atoms with Crippen molar-refractivity contribution in [3.05, 3.63) is 51.8 Å². The maximum absolute atomic E-state index is 12.8. The van der Waals surface area contributed by atoms with Gasteiger partial charge in [-0.15, -0.1) is 0 Å². The number of hydrogen-bond acceptors (Lipinski definition) is 2. The number of benzene rings is 1. The summed E-state index contributed by atoms with van der Waals surface area (Å²) >= 11 is 6.07. The van der Waals surface area contributed by atoms with E-state index < -0.39 is 0 Å². The first kappa shape index (κ1) is 15.7. The summed E-state index contributed by atoms with van der Waals surface area (Å²) in [7, 11) is 0. The van der Waals surface area contributed by atoms with E-state index in [1.807, 2.05) is 32.9 Å². The number of fused-ring (bicyclic) bond motifs is 5. The molecule has 1 fully saturated rings. The van der Waals surface area contributed by atoms with Crippen LogP contribution in [-0.2, 0) is 5.41 Å². The SMILES string of the molecule is CC(C)(C)NC(=O)c1n[nH]c2c1C1(c3ccc(Cl)cc3)CCC2C1. The molecule has 2 bridgehead atoms. The summed E-state index contributed by atoms with van der Waals surface area (Å²) < 4.78 is 0. The minimum absolute atomic E-state index is 0.0964. The highest BCUT2D eigenvalue weighted by Crippen LogP contribution is 2.60. The fourth-order valence-electron chi connectivity index (χ4n) is 4.39. The van der Waals surface area contributed by atoms with Crippen molar-refractivity contribution < 1.29 is 4.79 Å². The largest absolute Gasteiger partial charge is 0.346 e. The van der Waals surface area contributed by atoms with Gasteiger partial charge >= 0.3 is 0 Å². The molecule has 1 aromatic carbocycles. The number of aromatic amines is 1. The zero-order valence-electron chi connectivity index (χ0n) is 14.2. The summed E-state index contributed by atoms with van der Waals surface area (Å²) in [5.41, 5.74) is 3.64. The minimum atomic E-state index is -0.284. The summed E-state index contributed by atoms with van der Waals surface area (Å²) in [6, 6.07) is 8.06. The van der Waals surface area contributed by atoms with Crippen molar-refractivity contribution in [3.63, 3.8) is 0 Å². The second-order valence-electron chi connectivity index (χ2n) is 8.09. The maximum atomic E-state index is 12.8. The number of hydrogen-bond donors (Lipinski definition) is 2. The predicted molar refractivity (Wildman–Crippen MR) is 94.6 cm³/mol. The molecular formula is C19H22ClN3O. The zero-order valence-corrected chi connectivity index (χ0v) is 15.0. The monoisotopic (exact) mass is 343 g/mol. The normalized spacial score (nSPS) is 24.9. The van der Waals surface area contributed by atoms with Gasteiger partial charge in [0.05, 0.1) is 0 Å². The maximum Gasteiger partial charge on any atom is 0.272 e. The van der Waals surface area contributed by atoms with Gasteiger partial charge in [0.1, 0.15) is 0 Å². The number of amides is 1. The van der Waals surface area contributed by atoms with Gasteiger partial charge in [0.25, 0.3) is 5.91 Å². The molecule has 1 heterocycles. The van der Waals surface area contributed by atoms with E-state index in [4.69, 9.17) is 11.6 Å². The molecule has 0 aliphatic heterocycles. The van der Waals surface area contributed by atoms with Gasteiger partial charge < -0.3 is 5.32 Å². The molecule has 0 spiro atoms. The highest BCUT2D eigenvalue weighted by Gasteiger charge is 2.53. The molecule has 2 aliphatic rings. The van der Waals surface area contributed by atoms with Gasteiger partial charge in [0.2, 0.25) is 0 Å². The quantitative estimate of drug-likeness (QED) is 0.860. The Morgan fingerprint density at radius 3 is 2.71 bits per heavy atom. The molecule has 1 aromatic heterocycles. The Morgan fingerprint density at radius 1 is 1.33 bits per heavy atom. The van der Waals surface area contributed by atoms with Crippen LogP contribution in [0, 0.1) is 0 Å². The number of nitrogens with one attached hydrogen (secondary N) is 2. The van der Waals surface area contributed by atoms with Gasteiger partial charge in [-0.05, 0) is 57.7 Å². The van der Waals surface area contributed by atoms with E-state index in [-0.39, 0.29) is 16.9 Å². The molecule has 0 saturated heterocycles. The van der Waals surface area contributed by atoms with Crippen LogP contribution in [0.4, 0.5) is 0 Å². The molecule has 1 amide bonds. The van der Waals surface area contributed by atoms with Crippen molar-refractivity contribution in [3.8, 4) is 0 Å². The standard InChI is InChI=1S/C19H22ClN3O/c1-18(2,3)21-17(24)16-14-15(22-23-16)11-8-9-19(14,10-11)12-4-6-13(20)7-5-12/h4-7,11H,8-10H2,1-3H3,(H,21,24)(H,22,23). The Hall–Kier alpha value is -1.81. The van der Waals surface area contributed by atoms with Gasteiger partial charge in [-0.1, -0.05) is 23.7 Å². The highest BCUT2D eigenvalue weighted by atomic mass is 35.5. The molecule has 0 radical (unpaired) electrons. The number of nitrogens with zero attached hydrogens (tertiary/aromatic N) is 1. The Bertz CT molecular complexity index is 803. The number of rotatable bonds is 2. The average Bonchev–Trinajstić information content (AvgIpc) is 3.17. The van der Waals surface area contributed by atoms with Gasteiger partial charge in [-0.3, -0.25) is 9.89 Å². The van der Waals surface area contributed by atoms with E-state index in [9.17, 15) is 4.79 Å². The summed E-state index contributed by atoms with van der Waals surface area (Å²) in [6.07, 6.45) is 3.24. The van der Waals surface area contributed by atoms with Crippen molar-refractivity contribution >= 4 is 17.5 Å². The molecule has 126 valence electrons. The second kappa shape index (κ2) is 5.09. The molecule has 2 aliphatic carbocycles. The smallest absolute Gasteiger partial charge is 0.272 e. The van der Waals surface area contributed by atoms with Crippen LogP contribution in [0.25, 0.3) is 0 Å². The minimum Gasteiger partial charge on any atom is -0.346 e. The lowest BCUT2D eigenvalue weighted by molar-refractivity contribution is 0.0912. The molecule has 2 atom stereocenters. The van der Waals surface area contributed by atoms with Crippen LogP contribution in [0.2, 0.25) is 5.02 Å². The first-order valence-electron chi connectivity index (χ1n) is 8.47. The van der Waals surface area contributed by atoms with Crippen LogP contribution in [-0.4, -0.2) is 21.6 Å². The van der Waals surface area contributed by atoms with E-state index in [1.165, 1.54) is 5.56 Å². The Balaban J connectivity index is 1.81. The Labute approximate surface area is 147 Å². The van der Waals surface area contributed by atoms with E-state index in [0.29, 0.717) is 11.6 Å². The molecule has 4 nitrogen and oxygen atoms in total. The average molecular weight is 344 g/mol. The lowest BCUT2D eigenvalue weighted by Gasteiger charge is -2.29. The van der Waals surface area contributed by atoms with Crippen LogP contribution >= 0.6 is 11.6 Å². The van der Waals surface area contributed by atoms with Gasteiger partial charge in [0.15, 0.2) is 5.69 Å². The number of H-pyrrole nitrogens is 1. The molecule has 4 rings (SSSR count). The van der Waals surface area contributed by atoms with Crippen molar-refractivity contribution in [1.29, 1.82) is 0 Å². The van der Waals surface area contributed by atoms with Crippen molar-refractivity contribution in [1.82, 2.24) is 15.5 Å². The van der Waals surface area contributed by atoms with E-state index in [0.717, 1.165) is 35.5 Å². The predicted octanol–water partition coefficient (Wildman–Crippen LogP) is 4.16. The third kappa shape index (κ3) is 2.27. The van der Waals surface area contributed by atoms with Crippen LogP contribution in [0.1, 0.15) is 73.3 Å². The van der Waals surface area contributed by atoms with Crippen LogP contribution < -0.4 is 5.32 Å². The van der Waals surface area contributed by atoms with E-state index in [1.54, 1.807) is 0 Å². The third-order valence-electron chi connectivity index (χ3n) is 5.30. The summed E-state index contributed by atoms with van der Waals surface area (Å²) in [5, 5.41) is 11.3. The molecule has 2 N–H and O–H groups in total. The first-order chi connectivity index (χ1) is 11.3. The lowest BCUT2D eigenvalue weighted by Crippen LogP contribution is -2.41. The van der Waals surface area contributed by atoms with E-state index in [2.05, 4.69) is 27.6 Å². The summed E-state index contributed by atoms with van der Waals surface area (Å²) in [5.74, 6) is 0.375. The molecule has 5 heteroatoms. The van der Waals surface area contributed by atoms with E-state index >= 15 is 0 Å². The molecule has 2 aromatic rings. The van der Waals surface area contributed by atoms with Gasteiger partial charge in [-0.25, -0.2) is 0 Å². The van der Waals surface area contributed by atoms with Crippen molar-refractivity contribution in [2.45, 2.75) is 56.9 Å². The first-order valence-corrected chi connectivity index (χ1v) is 8.85. The second-order valence-corrected chi connectivity index (χ2v) is 8.53. The summed E-state index contributed by atoms with van der Waals surface area (Å²) in [6.45, 7) is 5.96. The molecule has 2 unspecified atom stereocenters.